The fourth-order valence-electron chi connectivity index (χ4n) is 1.57. The zero-order valence-corrected chi connectivity index (χ0v) is 10.9. The van der Waals surface area contributed by atoms with Gasteiger partial charge in [0.2, 0.25) is 0 Å². The lowest BCUT2D eigenvalue weighted by atomic mass is 10.2. The maximum Gasteiger partial charge on any atom is 0.125 e. The standard InChI is InChI=1S/C14H16N2S/c1-11-4-3-5-13(8-11)17-10-12-6-7-16-14(9-12)15-2/h3-9H,10H2,1-2H3,(H,15,16). The van der Waals surface area contributed by atoms with Gasteiger partial charge in [0, 0.05) is 23.9 Å². The van der Waals surface area contributed by atoms with Crippen LogP contribution in [0, 0.1) is 6.92 Å². The molecule has 0 bridgehead atoms. The van der Waals surface area contributed by atoms with Crippen LogP contribution in [0.2, 0.25) is 0 Å². The Balaban J connectivity index is 2.02. The summed E-state index contributed by atoms with van der Waals surface area (Å²) in [7, 11) is 1.89. The number of aryl methyl sites for hydroxylation is 1. The van der Waals surface area contributed by atoms with Crippen molar-refractivity contribution < 1.29 is 0 Å². The van der Waals surface area contributed by atoms with Crippen molar-refractivity contribution in [2.45, 2.75) is 17.6 Å². The minimum Gasteiger partial charge on any atom is -0.373 e. The van der Waals surface area contributed by atoms with Gasteiger partial charge < -0.3 is 5.32 Å². The van der Waals surface area contributed by atoms with E-state index in [9.17, 15) is 0 Å². The van der Waals surface area contributed by atoms with Gasteiger partial charge in [0.05, 0.1) is 0 Å². The predicted molar refractivity (Wildman–Crippen MR) is 74.5 cm³/mol. The van der Waals surface area contributed by atoms with E-state index in [1.807, 2.05) is 25.0 Å². The van der Waals surface area contributed by atoms with Crippen molar-refractivity contribution in [1.29, 1.82) is 0 Å². The van der Waals surface area contributed by atoms with Gasteiger partial charge in [-0.25, -0.2) is 4.98 Å². The fraction of sp³-hybridized carbons (Fsp3) is 0.214. The second-order valence-corrected chi connectivity index (χ2v) is 4.95. The van der Waals surface area contributed by atoms with Crippen LogP contribution in [0.3, 0.4) is 0 Å². The van der Waals surface area contributed by atoms with Gasteiger partial charge in [-0.05, 0) is 36.8 Å². The molecule has 0 aliphatic heterocycles. The molecule has 2 nitrogen and oxygen atoms in total. The van der Waals surface area contributed by atoms with Crippen molar-refractivity contribution in [2.75, 3.05) is 12.4 Å². The van der Waals surface area contributed by atoms with E-state index in [-0.39, 0.29) is 0 Å². The Morgan fingerprint density at radius 2 is 2.12 bits per heavy atom. The van der Waals surface area contributed by atoms with Gasteiger partial charge in [0.1, 0.15) is 5.82 Å². The van der Waals surface area contributed by atoms with Gasteiger partial charge in [0.15, 0.2) is 0 Å². The number of nitrogens with zero attached hydrogens (tertiary/aromatic N) is 1. The van der Waals surface area contributed by atoms with E-state index in [0.29, 0.717) is 0 Å². The lowest BCUT2D eigenvalue weighted by Gasteiger charge is -2.05. The highest BCUT2D eigenvalue weighted by molar-refractivity contribution is 7.98. The van der Waals surface area contributed by atoms with Crippen molar-refractivity contribution in [3.05, 3.63) is 53.7 Å². The Kier molecular flexibility index (Phi) is 4.04. The summed E-state index contributed by atoms with van der Waals surface area (Å²) in [5.41, 5.74) is 2.59. The van der Waals surface area contributed by atoms with E-state index in [4.69, 9.17) is 0 Å². The van der Waals surface area contributed by atoms with E-state index in [2.05, 4.69) is 53.6 Å². The van der Waals surface area contributed by atoms with Crippen LogP contribution in [0.15, 0.2) is 47.5 Å². The highest BCUT2D eigenvalue weighted by atomic mass is 32.2. The van der Waals surface area contributed by atoms with E-state index in [1.165, 1.54) is 16.0 Å². The molecule has 0 aliphatic carbocycles. The largest absolute Gasteiger partial charge is 0.373 e. The number of nitrogens with one attached hydrogen (secondary N) is 1. The zero-order chi connectivity index (χ0) is 12.1. The minimum absolute atomic E-state index is 0.923. The molecule has 3 heteroatoms. The molecule has 0 amide bonds. The number of anilines is 1. The molecule has 17 heavy (non-hydrogen) atoms. The second-order valence-electron chi connectivity index (χ2n) is 3.90. The van der Waals surface area contributed by atoms with Crippen molar-refractivity contribution in [2.24, 2.45) is 0 Å². The average molecular weight is 244 g/mol. The Morgan fingerprint density at radius 3 is 2.88 bits per heavy atom. The number of rotatable bonds is 4. The van der Waals surface area contributed by atoms with Crippen molar-refractivity contribution in [3.63, 3.8) is 0 Å². The molecule has 2 aromatic rings. The molecule has 1 N–H and O–H groups in total. The van der Waals surface area contributed by atoms with Crippen molar-refractivity contribution >= 4 is 17.6 Å². The molecule has 0 saturated carbocycles. The van der Waals surface area contributed by atoms with Crippen LogP contribution in [0.25, 0.3) is 0 Å². The Morgan fingerprint density at radius 1 is 1.24 bits per heavy atom. The summed E-state index contributed by atoms with van der Waals surface area (Å²) in [6.45, 7) is 2.12. The molecular formula is C14H16N2S. The molecule has 1 aromatic carbocycles. The minimum atomic E-state index is 0.923. The van der Waals surface area contributed by atoms with Gasteiger partial charge in [0.25, 0.3) is 0 Å². The summed E-state index contributed by atoms with van der Waals surface area (Å²) in [5.74, 6) is 1.90. The predicted octanol–water partition coefficient (Wildman–Crippen LogP) is 3.72. The van der Waals surface area contributed by atoms with E-state index in [0.717, 1.165) is 11.6 Å². The summed E-state index contributed by atoms with van der Waals surface area (Å²) in [6, 6.07) is 12.7. The summed E-state index contributed by atoms with van der Waals surface area (Å²) in [6.07, 6.45) is 1.85. The van der Waals surface area contributed by atoms with Gasteiger partial charge in [-0.15, -0.1) is 11.8 Å². The van der Waals surface area contributed by atoms with Crippen molar-refractivity contribution in [3.8, 4) is 0 Å². The first-order valence-corrected chi connectivity index (χ1v) is 6.58. The molecule has 88 valence electrons. The van der Waals surface area contributed by atoms with Gasteiger partial charge >= 0.3 is 0 Å². The van der Waals surface area contributed by atoms with E-state index < -0.39 is 0 Å². The van der Waals surface area contributed by atoms with Crippen LogP contribution >= 0.6 is 11.8 Å². The molecule has 1 heterocycles. The highest BCUT2D eigenvalue weighted by Gasteiger charge is 1.98. The first kappa shape index (κ1) is 12.0. The molecule has 0 aliphatic rings. The third-order valence-electron chi connectivity index (χ3n) is 2.48. The number of thioether (sulfide) groups is 1. The zero-order valence-electron chi connectivity index (χ0n) is 10.1. The number of benzene rings is 1. The van der Waals surface area contributed by atoms with Crippen molar-refractivity contribution in [1.82, 2.24) is 4.98 Å². The fourth-order valence-corrected chi connectivity index (χ4v) is 2.53. The lowest BCUT2D eigenvalue weighted by Crippen LogP contribution is -1.92. The summed E-state index contributed by atoms with van der Waals surface area (Å²) >= 11 is 1.85. The lowest BCUT2D eigenvalue weighted by molar-refractivity contribution is 1.24. The van der Waals surface area contributed by atoms with Gasteiger partial charge in [-0.1, -0.05) is 17.7 Å². The van der Waals surface area contributed by atoms with Gasteiger partial charge in [-0.2, -0.15) is 0 Å². The molecule has 0 radical (unpaired) electrons. The molecule has 1 aromatic heterocycles. The van der Waals surface area contributed by atoms with Crippen LogP contribution in [0.1, 0.15) is 11.1 Å². The smallest absolute Gasteiger partial charge is 0.125 e. The normalized spacial score (nSPS) is 10.2. The van der Waals surface area contributed by atoms with Crippen LogP contribution in [0.4, 0.5) is 5.82 Å². The highest BCUT2D eigenvalue weighted by Crippen LogP contribution is 2.23. The second kappa shape index (κ2) is 5.73. The van der Waals surface area contributed by atoms with Gasteiger partial charge in [-0.3, -0.25) is 0 Å². The van der Waals surface area contributed by atoms with Crippen LogP contribution in [-0.2, 0) is 5.75 Å². The first-order valence-electron chi connectivity index (χ1n) is 5.60. The number of hydrogen-bond acceptors (Lipinski definition) is 3. The molecule has 0 atom stereocenters. The molecule has 0 saturated heterocycles. The Hall–Kier alpha value is -1.48. The average Bonchev–Trinajstić information content (AvgIpc) is 2.37. The van der Waals surface area contributed by atoms with Crippen LogP contribution < -0.4 is 5.32 Å². The number of aromatic nitrogens is 1. The Labute approximate surface area is 106 Å². The maximum absolute atomic E-state index is 4.21. The quantitative estimate of drug-likeness (QED) is 0.830. The monoisotopic (exact) mass is 244 g/mol. The SMILES string of the molecule is CNc1cc(CSc2cccc(C)c2)ccn1. The van der Waals surface area contributed by atoms with Crippen LogP contribution in [-0.4, -0.2) is 12.0 Å². The number of pyridine rings is 1. The molecule has 0 unspecified atom stereocenters. The molecular weight excluding hydrogens is 228 g/mol. The third-order valence-corrected chi connectivity index (χ3v) is 3.54. The Bertz CT molecular complexity index is 497. The van der Waals surface area contributed by atoms with Crippen LogP contribution in [0.5, 0.6) is 0 Å². The first-order chi connectivity index (χ1) is 8.28. The summed E-state index contributed by atoms with van der Waals surface area (Å²) in [4.78, 5) is 5.52. The molecule has 0 spiro atoms. The summed E-state index contributed by atoms with van der Waals surface area (Å²) < 4.78 is 0. The molecule has 0 fully saturated rings. The van der Waals surface area contributed by atoms with E-state index in [1.54, 1.807) is 0 Å². The summed E-state index contributed by atoms with van der Waals surface area (Å²) in [5, 5.41) is 3.05. The number of hydrogen-bond donors (Lipinski definition) is 1. The maximum atomic E-state index is 4.21. The molecule has 2 rings (SSSR count). The van der Waals surface area contributed by atoms with E-state index >= 15 is 0 Å². The third kappa shape index (κ3) is 3.49. The topological polar surface area (TPSA) is 24.9 Å².